The van der Waals surface area contributed by atoms with E-state index in [2.05, 4.69) is 15.3 Å². The summed E-state index contributed by atoms with van der Waals surface area (Å²) >= 11 is 0. The van der Waals surface area contributed by atoms with Gasteiger partial charge in [0.25, 0.3) is 5.91 Å². The Labute approximate surface area is 188 Å². The first kappa shape index (κ1) is 23.7. The van der Waals surface area contributed by atoms with Crippen molar-refractivity contribution in [1.29, 1.82) is 0 Å². The second-order valence-corrected chi connectivity index (χ2v) is 9.12. The van der Waals surface area contributed by atoms with Crippen LogP contribution in [0.15, 0.2) is 36.7 Å². The molecule has 0 saturated carbocycles. The predicted octanol–water partition coefficient (Wildman–Crippen LogP) is 1.16. The summed E-state index contributed by atoms with van der Waals surface area (Å²) in [5.74, 6) is 1.10. The molecule has 1 saturated heterocycles. The fraction of sp³-hybridized carbons (Fsp3) is 0.476. The summed E-state index contributed by atoms with van der Waals surface area (Å²) < 4.78 is 37.9. The number of rotatable bonds is 10. The Morgan fingerprint density at radius 2 is 1.69 bits per heavy atom. The van der Waals surface area contributed by atoms with Crippen LogP contribution in [0.5, 0.6) is 11.5 Å². The Kier molecular flexibility index (Phi) is 8.23. The van der Waals surface area contributed by atoms with Crippen LogP contribution in [0.25, 0.3) is 0 Å². The van der Waals surface area contributed by atoms with Gasteiger partial charge in [-0.15, -0.1) is 0 Å². The number of benzene rings is 1. The zero-order valence-corrected chi connectivity index (χ0v) is 19.2. The van der Waals surface area contributed by atoms with Crippen molar-refractivity contribution in [1.82, 2.24) is 19.6 Å². The highest BCUT2D eigenvalue weighted by Gasteiger charge is 2.27. The van der Waals surface area contributed by atoms with Crippen LogP contribution in [0.2, 0.25) is 0 Å². The first-order valence-electron chi connectivity index (χ1n) is 10.6. The van der Waals surface area contributed by atoms with Crippen LogP contribution in [0.4, 0.5) is 5.95 Å². The molecule has 11 heteroatoms. The van der Waals surface area contributed by atoms with Crippen molar-refractivity contribution in [2.24, 2.45) is 0 Å². The third kappa shape index (κ3) is 6.07. The maximum absolute atomic E-state index is 12.7. The number of nitrogens with one attached hydrogen (secondary N) is 1. The number of carbonyl (C=O) groups is 1. The average Bonchev–Trinajstić information content (AvgIpc) is 2.81. The zero-order chi connectivity index (χ0) is 23.0. The standard InChI is InChI=1S/C21H29N5O5S/c1-3-30-18-7-6-17(16-19(18)31-4-2)20(27)22-10-15-32(28,29)26-13-11-25(12-14-26)21-23-8-5-9-24-21/h5-9,16H,3-4,10-15H2,1-2H3,(H,22,27). The van der Waals surface area contributed by atoms with Gasteiger partial charge in [-0.3, -0.25) is 4.79 Å². The van der Waals surface area contributed by atoms with Crippen molar-refractivity contribution in [3.05, 3.63) is 42.2 Å². The molecule has 2 heterocycles. The van der Waals surface area contributed by atoms with Gasteiger partial charge in [0.15, 0.2) is 11.5 Å². The van der Waals surface area contributed by atoms with Crippen LogP contribution in [-0.2, 0) is 10.0 Å². The molecule has 0 radical (unpaired) electrons. The largest absolute Gasteiger partial charge is 0.490 e. The van der Waals surface area contributed by atoms with Crippen LogP contribution in [0, 0.1) is 0 Å². The third-order valence-corrected chi connectivity index (χ3v) is 6.79. The summed E-state index contributed by atoms with van der Waals surface area (Å²) in [4.78, 5) is 22.9. The Hall–Kier alpha value is -2.92. The lowest BCUT2D eigenvalue weighted by Crippen LogP contribution is -2.50. The van der Waals surface area contributed by atoms with E-state index < -0.39 is 10.0 Å². The first-order valence-corrected chi connectivity index (χ1v) is 12.2. The molecular formula is C21H29N5O5S. The summed E-state index contributed by atoms with van der Waals surface area (Å²) in [5.41, 5.74) is 0.380. The number of piperazine rings is 1. The number of ether oxygens (including phenoxy) is 2. The predicted molar refractivity (Wildman–Crippen MR) is 121 cm³/mol. The molecule has 1 N–H and O–H groups in total. The van der Waals surface area contributed by atoms with E-state index in [1.807, 2.05) is 18.7 Å². The summed E-state index contributed by atoms with van der Waals surface area (Å²) in [6, 6.07) is 6.64. The quantitative estimate of drug-likeness (QED) is 0.558. The lowest BCUT2D eigenvalue weighted by molar-refractivity contribution is 0.0955. The molecule has 0 atom stereocenters. The lowest BCUT2D eigenvalue weighted by Gasteiger charge is -2.33. The SMILES string of the molecule is CCOc1ccc(C(=O)NCCS(=O)(=O)N2CCN(c3ncccn3)CC2)cc1OCC. The molecule has 1 aliphatic rings. The van der Waals surface area contributed by atoms with Crippen LogP contribution in [0.3, 0.4) is 0 Å². The number of amides is 1. The Morgan fingerprint density at radius 1 is 1.03 bits per heavy atom. The van der Waals surface area contributed by atoms with Gasteiger partial charge in [-0.1, -0.05) is 0 Å². The van der Waals surface area contributed by atoms with E-state index >= 15 is 0 Å². The Bertz CT molecular complexity index is 995. The van der Waals surface area contributed by atoms with Crippen molar-refractivity contribution >= 4 is 21.9 Å². The molecule has 1 aromatic carbocycles. The second kappa shape index (κ2) is 11.1. The maximum Gasteiger partial charge on any atom is 0.251 e. The van der Waals surface area contributed by atoms with Crippen molar-refractivity contribution < 1.29 is 22.7 Å². The summed E-state index contributed by atoms with van der Waals surface area (Å²) in [6.45, 7) is 6.38. The topological polar surface area (TPSA) is 114 Å². The highest BCUT2D eigenvalue weighted by Crippen LogP contribution is 2.28. The molecule has 0 unspecified atom stereocenters. The maximum atomic E-state index is 12.7. The van der Waals surface area contributed by atoms with Crippen molar-refractivity contribution in [2.75, 3.05) is 56.6 Å². The second-order valence-electron chi connectivity index (χ2n) is 7.03. The van der Waals surface area contributed by atoms with Gasteiger partial charge < -0.3 is 19.7 Å². The molecule has 3 rings (SSSR count). The number of hydrogen-bond donors (Lipinski definition) is 1. The minimum atomic E-state index is -3.49. The fourth-order valence-electron chi connectivity index (χ4n) is 3.34. The molecule has 1 amide bonds. The smallest absolute Gasteiger partial charge is 0.251 e. The van der Waals surface area contributed by atoms with Crippen LogP contribution in [-0.4, -0.2) is 80.3 Å². The number of hydrogen-bond acceptors (Lipinski definition) is 8. The molecule has 0 bridgehead atoms. The minimum Gasteiger partial charge on any atom is -0.490 e. The molecule has 1 fully saturated rings. The highest BCUT2D eigenvalue weighted by molar-refractivity contribution is 7.89. The van der Waals surface area contributed by atoms with E-state index in [0.717, 1.165) is 0 Å². The first-order chi connectivity index (χ1) is 15.4. The molecule has 1 aromatic heterocycles. The summed E-state index contributed by atoms with van der Waals surface area (Å²) in [5, 5.41) is 2.68. The zero-order valence-electron chi connectivity index (χ0n) is 18.4. The van der Waals surface area contributed by atoms with Gasteiger partial charge in [0.2, 0.25) is 16.0 Å². The average molecular weight is 464 g/mol. The van der Waals surface area contributed by atoms with Gasteiger partial charge in [0.1, 0.15) is 0 Å². The Morgan fingerprint density at radius 3 is 2.34 bits per heavy atom. The number of carbonyl (C=O) groups excluding carboxylic acids is 1. The van der Waals surface area contributed by atoms with Gasteiger partial charge in [-0.25, -0.2) is 18.4 Å². The monoisotopic (exact) mass is 463 g/mol. The molecular weight excluding hydrogens is 434 g/mol. The van der Waals surface area contributed by atoms with E-state index in [4.69, 9.17) is 9.47 Å². The van der Waals surface area contributed by atoms with E-state index in [-0.39, 0.29) is 18.2 Å². The molecule has 1 aliphatic heterocycles. The highest BCUT2D eigenvalue weighted by atomic mass is 32.2. The van der Waals surface area contributed by atoms with E-state index in [1.165, 1.54) is 4.31 Å². The summed E-state index contributed by atoms with van der Waals surface area (Å²) in [7, 11) is -3.49. The number of anilines is 1. The van der Waals surface area contributed by atoms with Gasteiger partial charge in [-0.2, -0.15) is 4.31 Å². The van der Waals surface area contributed by atoms with Gasteiger partial charge in [-0.05, 0) is 38.1 Å². The van der Waals surface area contributed by atoms with Crippen molar-refractivity contribution in [3.63, 3.8) is 0 Å². The van der Waals surface area contributed by atoms with Gasteiger partial charge in [0, 0.05) is 50.7 Å². The molecule has 174 valence electrons. The van der Waals surface area contributed by atoms with Gasteiger partial charge in [0.05, 0.1) is 19.0 Å². The third-order valence-electron chi connectivity index (χ3n) is 4.92. The molecule has 10 nitrogen and oxygen atoms in total. The van der Waals surface area contributed by atoms with Crippen molar-refractivity contribution in [2.45, 2.75) is 13.8 Å². The van der Waals surface area contributed by atoms with Gasteiger partial charge >= 0.3 is 0 Å². The van der Waals surface area contributed by atoms with E-state index in [0.29, 0.717) is 62.4 Å². The van der Waals surface area contributed by atoms with Crippen LogP contribution < -0.4 is 19.7 Å². The van der Waals surface area contributed by atoms with E-state index in [1.54, 1.807) is 36.7 Å². The number of sulfonamides is 1. The van der Waals surface area contributed by atoms with E-state index in [9.17, 15) is 13.2 Å². The normalized spacial score (nSPS) is 14.8. The number of aromatic nitrogens is 2. The summed E-state index contributed by atoms with van der Waals surface area (Å²) in [6.07, 6.45) is 3.33. The molecule has 0 spiro atoms. The van der Waals surface area contributed by atoms with Crippen molar-refractivity contribution in [3.8, 4) is 11.5 Å². The molecule has 32 heavy (non-hydrogen) atoms. The number of nitrogens with zero attached hydrogens (tertiary/aromatic N) is 4. The molecule has 0 aliphatic carbocycles. The minimum absolute atomic E-state index is 0.0142. The molecule has 2 aromatic rings. The Balaban J connectivity index is 1.51. The fourth-order valence-corrected chi connectivity index (χ4v) is 4.68. The van der Waals surface area contributed by atoms with Crippen LogP contribution >= 0.6 is 0 Å². The lowest BCUT2D eigenvalue weighted by atomic mass is 10.2. The van der Waals surface area contributed by atoms with Crippen LogP contribution in [0.1, 0.15) is 24.2 Å².